The Bertz CT molecular complexity index is 997. The van der Waals surface area contributed by atoms with Crippen LogP contribution in [0.1, 0.15) is 33.6 Å². The molecule has 0 saturated carbocycles. The van der Waals surface area contributed by atoms with E-state index in [2.05, 4.69) is 5.32 Å². The Morgan fingerprint density at radius 3 is 2.34 bits per heavy atom. The van der Waals surface area contributed by atoms with Crippen molar-refractivity contribution in [2.45, 2.75) is 45.3 Å². The van der Waals surface area contributed by atoms with Gasteiger partial charge in [-0.25, -0.2) is 18.8 Å². The summed E-state index contributed by atoms with van der Waals surface area (Å²) in [5.41, 5.74) is -0.0542. The summed E-state index contributed by atoms with van der Waals surface area (Å²) in [4.78, 5) is 40.4. The third-order valence-electron chi connectivity index (χ3n) is 5.62. The van der Waals surface area contributed by atoms with E-state index in [4.69, 9.17) is 18.9 Å². The zero-order chi connectivity index (χ0) is 25.8. The highest BCUT2D eigenvalue weighted by molar-refractivity contribution is 6.04. The van der Waals surface area contributed by atoms with E-state index in [1.807, 2.05) is 4.90 Å². The van der Waals surface area contributed by atoms with Crippen LogP contribution in [0.25, 0.3) is 0 Å². The number of methoxy groups -OCH3 is 2. The number of carbonyl (C=O) groups is 3. The van der Waals surface area contributed by atoms with E-state index in [1.54, 1.807) is 26.8 Å². The third kappa shape index (κ3) is 6.21. The van der Waals surface area contributed by atoms with Gasteiger partial charge in [0.15, 0.2) is 0 Å². The average molecular weight is 494 g/mol. The highest BCUT2D eigenvalue weighted by atomic mass is 19.1. The van der Waals surface area contributed by atoms with E-state index < -0.39 is 29.5 Å². The minimum absolute atomic E-state index is 0.0129. The van der Waals surface area contributed by atoms with Crippen molar-refractivity contribution in [2.24, 2.45) is 0 Å². The molecule has 1 aromatic carbocycles. The molecule has 11 heteroatoms. The number of alkyl carbamates (subject to hydrolysis) is 1. The first-order chi connectivity index (χ1) is 16.6. The number of hydrogen-bond acceptors (Lipinski definition) is 9. The van der Waals surface area contributed by atoms with Gasteiger partial charge in [0.1, 0.15) is 23.8 Å². The Morgan fingerprint density at radius 2 is 1.74 bits per heavy atom. The molecule has 2 aliphatic rings. The smallest absolute Gasteiger partial charge is 0.407 e. The predicted molar refractivity (Wildman–Crippen MR) is 125 cm³/mol. The summed E-state index contributed by atoms with van der Waals surface area (Å²) in [6.07, 6.45) is 0.643. The topological polar surface area (TPSA) is 107 Å². The molecule has 1 aromatic rings. The lowest BCUT2D eigenvalue weighted by atomic mass is 10.0. The van der Waals surface area contributed by atoms with Crippen LogP contribution in [0.5, 0.6) is 0 Å². The number of rotatable bonds is 5. The van der Waals surface area contributed by atoms with Crippen molar-refractivity contribution in [2.75, 3.05) is 50.4 Å². The largest absolute Gasteiger partial charge is 0.466 e. The number of halogens is 1. The van der Waals surface area contributed by atoms with Gasteiger partial charge in [-0.05, 0) is 45.7 Å². The number of hydrogen-bond donors (Lipinski definition) is 1. The molecule has 1 amide bonds. The Kier molecular flexibility index (Phi) is 8.21. The maximum absolute atomic E-state index is 15.2. The second kappa shape index (κ2) is 10.9. The number of ether oxygens (including phenoxy) is 4. The fraction of sp³-hybridized carbons (Fsp3) is 0.542. The van der Waals surface area contributed by atoms with Crippen LogP contribution in [0, 0.1) is 5.82 Å². The Labute approximate surface area is 203 Å². The van der Waals surface area contributed by atoms with Crippen molar-refractivity contribution in [3.8, 4) is 0 Å². The van der Waals surface area contributed by atoms with Gasteiger partial charge in [-0.3, -0.25) is 0 Å². The average Bonchev–Trinajstić information content (AvgIpc) is 2.81. The van der Waals surface area contributed by atoms with Crippen LogP contribution < -0.4 is 15.1 Å². The molecule has 0 spiro atoms. The van der Waals surface area contributed by atoms with Crippen LogP contribution >= 0.6 is 0 Å². The van der Waals surface area contributed by atoms with Crippen molar-refractivity contribution < 1.29 is 37.7 Å². The van der Waals surface area contributed by atoms with Crippen molar-refractivity contribution in [1.82, 2.24) is 5.32 Å². The summed E-state index contributed by atoms with van der Waals surface area (Å²) in [7, 11) is 2.40. The van der Waals surface area contributed by atoms with Crippen molar-refractivity contribution in [3.63, 3.8) is 0 Å². The van der Waals surface area contributed by atoms with Crippen LogP contribution in [0.3, 0.4) is 0 Å². The van der Waals surface area contributed by atoms with Gasteiger partial charge in [0.05, 0.1) is 37.8 Å². The van der Waals surface area contributed by atoms with E-state index in [-0.39, 0.29) is 36.3 Å². The molecule has 0 aliphatic carbocycles. The Balaban J connectivity index is 1.86. The number of benzene rings is 1. The highest BCUT2D eigenvalue weighted by Gasteiger charge is 2.35. The van der Waals surface area contributed by atoms with E-state index >= 15 is 4.39 Å². The lowest BCUT2D eigenvalue weighted by molar-refractivity contribution is -0.140. The lowest BCUT2D eigenvalue weighted by Gasteiger charge is -2.38. The van der Waals surface area contributed by atoms with Crippen molar-refractivity contribution in [1.29, 1.82) is 0 Å². The van der Waals surface area contributed by atoms with Gasteiger partial charge in [0, 0.05) is 19.1 Å². The zero-order valence-electron chi connectivity index (χ0n) is 20.7. The maximum Gasteiger partial charge on any atom is 0.407 e. The summed E-state index contributed by atoms with van der Waals surface area (Å²) in [6.45, 7) is 6.05. The summed E-state index contributed by atoms with van der Waals surface area (Å²) in [6, 6.07) is 4.38. The molecule has 1 saturated heterocycles. The van der Waals surface area contributed by atoms with Crippen LogP contribution in [0.4, 0.5) is 20.6 Å². The van der Waals surface area contributed by atoms with Crippen LogP contribution in [0.15, 0.2) is 29.5 Å². The number of nitrogens with zero attached hydrogens (tertiary/aromatic N) is 2. The van der Waals surface area contributed by atoms with Gasteiger partial charge >= 0.3 is 18.0 Å². The van der Waals surface area contributed by atoms with E-state index in [9.17, 15) is 14.4 Å². The molecule has 3 rings (SSSR count). The minimum Gasteiger partial charge on any atom is -0.466 e. The molecule has 1 fully saturated rings. The molecule has 0 radical (unpaired) electrons. The molecule has 0 aromatic heterocycles. The molecular weight excluding hydrogens is 461 g/mol. The van der Waals surface area contributed by atoms with Gasteiger partial charge in [0.25, 0.3) is 0 Å². The monoisotopic (exact) mass is 493 g/mol. The zero-order valence-corrected chi connectivity index (χ0v) is 20.7. The normalized spacial score (nSPS) is 17.2. The molecule has 192 valence electrons. The van der Waals surface area contributed by atoms with Gasteiger partial charge in [-0.2, -0.15) is 0 Å². The number of esters is 2. The van der Waals surface area contributed by atoms with Gasteiger partial charge in [-0.15, -0.1) is 0 Å². The number of amides is 1. The van der Waals surface area contributed by atoms with Crippen LogP contribution in [-0.4, -0.2) is 70.3 Å². The summed E-state index contributed by atoms with van der Waals surface area (Å²) in [5, 5.41) is 2.86. The number of piperidine rings is 1. The molecule has 0 bridgehead atoms. The van der Waals surface area contributed by atoms with E-state index in [1.165, 1.54) is 31.3 Å². The second-order valence-electron chi connectivity index (χ2n) is 9.23. The van der Waals surface area contributed by atoms with E-state index in [0.717, 1.165) is 0 Å². The quantitative estimate of drug-likeness (QED) is 0.489. The summed E-state index contributed by atoms with van der Waals surface area (Å²) in [5.74, 6) is -1.98. The standard InChI is InChI=1S/C24H32FN3O7/c1-24(2,3)35-23(31)26-15-9-11-27(12-10-15)20-17(25)7-6-8-18(20)28-14-34-13-16(21(29)32-4)19(28)22(30)33-5/h6-8,15H,9-14H2,1-5H3,(H,26,31). The second-order valence-corrected chi connectivity index (χ2v) is 9.23. The van der Waals surface area contributed by atoms with E-state index in [0.29, 0.717) is 31.6 Å². The molecule has 1 N–H and O–H groups in total. The first-order valence-corrected chi connectivity index (χ1v) is 11.3. The molecule has 35 heavy (non-hydrogen) atoms. The molecule has 2 aliphatic heterocycles. The highest BCUT2D eigenvalue weighted by Crippen LogP contribution is 2.38. The molecule has 0 atom stereocenters. The third-order valence-corrected chi connectivity index (χ3v) is 5.62. The fourth-order valence-electron chi connectivity index (χ4n) is 4.09. The SMILES string of the molecule is COC(=O)C1=C(C(=O)OC)N(c2cccc(F)c2N2CCC(NC(=O)OC(C)(C)C)CC2)COC1. The summed E-state index contributed by atoms with van der Waals surface area (Å²) < 4.78 is 35.8. The number of carbonyl (C=O) groups excluding carboxylic acids is 3. The lowest BCUT2D eigenvalue weighted by Crippen LogP contribution is -2.47. The first-order valence-electron chi connectivity index (χ1n) is 11.3. The Hall–Kier alpha value is -3.34. The first kappa shape index (κ1) is 26.3. The fourth-order valence-corrected chi connectivity index (χ4v) is 4.09. The molecule has 0 unspecified atom stereocenters. The molecule has 10 nitrogen and oxygen atoms in total. The predicted octanol–water partition coefficient (Wildman–Crippen LogP) is 2.71. The molecule has 2 heterocycles. The van der Waals surface area contributed by atoms with Crippen LogP contribution in [-0.2, 0) is 28.5 Å². The summed E-state index contributed by atoms with van der Waals surface area (Å²) >= 11 is 0. The molecular formula is C24H32FN3O7. The van der Waals surface area contributed by atoms with Crippen molar-refractivity contribution >= 4 is 29.4 Å². The van der Waals surface area contributed by atoms with Crippen LogP contribution in [0.2, 0.25) is 0 Å². The van der Waals surface area contributed by atoms with Gasteiger partial charge in [0.2, 0.25) is 0 Å². The van der Waals surface area contributed by atoms with Crippen molar-refractivity contribution in [3.05, 3.63) is 35.3 Å². The van der Waals surface area contributed by atoms with Gasteiger partial charge < -0.3 is 34.1 Å². The van der Waals surface area contributed by atoms with Gasteiger partial charge in [-0.1, -0.05) is 6.07 Å². The number of anilines is 2. The number of para-hydroxylation sites is 1. The maximum atomic E-state index is 15.2. The Morgan fingerprint density at radius 1 is 1.09 bits per heavy atom. The minimum atomic E-state index is -0.760. The number of nitrogens with one attached hydrogen (secondary N) is 1.